The quantitative estimate of drug-likeness (QED) is 0.742. The first-order valence-corrected chi connectivity index (χ1v) is 10.6. The molecule has 1 aliphatic heterocycles. The second kappa shape index (κ2) is 11.3. The molecule has 3 rings (SSSR count). The summed E-state index contributed by atoms with van der Waals surface area (Å²) in [6, 6.07) is 5.55. The summed E-state index contributed by atoms with van der Waals surface area (Å²) in [5, 5.41) is 3.31. The number of hydrogen-bond acceptors (Lipinski definition) is 4. The fourth-order valence-corrected chi connectivity index (χ4v) is 2.99. The largest absolute Gasteiger partial charge is 0.378 e. The highest BCUT2D eigenvalue weighted by molar-refractivity contribution is 5.73. The van der Waals surface area contributed by atoms with Gasteiger partial charge >= 0.3 is 0 Å². The van der Waals surface area contributed by atoms with E-state index in [1.165, 1.54) is 12.0 Å². The molecule has 0 amide bonds. The van der Waals surface area contributed by atoms with Crippen molar-refractivity contribution >= 4 is 16.8 Å². The number of fused-ring (bicyclic) bond motifs is 1. The van der Waals surface area contributed by atoms with E-state index in [-0.39, 0.29) is 5.56 Å². The molecule has 0 fully saturated rings. The Hall–Kier alpha value is -2.92. The van der Waals surface area contributed by atoms with E-state index in [1.807, 2.05) is 62.5 Å². The summed E-state index contributed by atoms with van der Waals surface area (Å²) in [6.45, 7) is 12.0. The molecular weight excluding hydrogens is 372 g/mol. The molecule has 30 heavy (non-hydrogen) atoms. The number of pyridine rings is 1. The highest BCUT2D eigenvalue weighted by Crippen LogP contribution is 2.20. The van der Waals surface area contributed by atoms with Crippen LogP contribution < -0.4 is 10.9 Å². The van der Waals surface area contributed by atoms with Gasteiger partial charge in [0.15, 0.2) is 0 Å². The van der Waals surface area contributed by atoms with Gasteiger partial charge in [-0.25, -0.2) is 4.98 Å². The number of allylic oxidation sites excluding steroid dienone is 4. The third-order valence-electron chi connectivity index (χ3n) is 4.73. The van der Waals surface area contributed by atoms with Gasteiger partial charge in [-0.15, -0.1) is 0 Å². The Kier molecular flexibility index (Phi) is 8.81. The SMILES string of the molecule is C=C(/C=C\C(=C/C)c1cc(=O)n2cc(C3=CCNCC3)ccc2n1)N(C)C.CCC. The predicted octanol–water partition coefficient (Wildman–Crippen LogP) is 4.52. The first kappa shape index (κ1) is 23.4. The van der Waals surface area contributed by atoms with Crippen molar-refractivity contribution in [3.05, 3.63) is 82.6 Å². The summed E-state index contributed by atoms with van der Waals surface area (Å²) in [7, 11) is 3.89. The second-order valence-corrected chi connectivity index (χ2v) is 7.48. The van der Waals surface area contributed by atoms with Crippen LogP contribution in [0.5, 0.6) is 0 Å². The van der Waals surface area contributed by atoms with E-state index in [9.17, 15) is 4.79 Å². The molecule has 160 valence electrons. The van der Waals surface area contributed by atoms with Gasteiger partial charge in [-0.1, -0.05) is 45.1 Å². The summed E-state index contributed by atoms with van der Waals surface area (Å²) in [5.74, 6) is 0. The molecule has 0 spiro atoms. The fraction of sp³-hybridized carbons (Fsp3) is 0.360. The minimum atomic E-state index is -0.0782. The summed E-state index contributed by atoms with van der Waals surface area (Å²) in [4.78, 5) is 19.3. The van der Waals surface area contributed by atoms with E-state index in [2.05, 4.69) is 36.8 Å². The summed E-state index contributed by atoms with van der Waals surface area (Å²) in [6.07, 6.45) is 12.1. The maximum atomic E-state index is 12.7. The van der Waals surface area contributed by atoms with Crippen molar-refractivity contribution in [2.75, 3.05) is 27.2 Å². The lowest BCUT2D eigenvalue weighted by Crippen LogP contribution is -2.20. The molecule has 0 atom stereocenters. The van der Waals surface area contributed by atoms with Gasteiger partial charge < -0.3 is 10.2 Å². The van der Waals surface area contributed by atoms with Crippen LogP contribution in [0, 0.1) is 0 Å². The maximum Gasteiger partial charge on any atom is 0.258 e. The molecule has 1 aliphatic rings. The van der Waals surface area contributed by atoms with Crippen LogP contribution in [0.1, 0.15) is 44.9 Å². The van der Waals surface area contributed by atoms with Crippen molar-refractivity contribution in [3.63, 3.8) is 0 Å². The van der Waals surface area contributed by atoms with Crippen LogP contribution in [0.3, 0.4) is 0 Å². The molecule has 2 aromatic rings. The van der Waals surface area contributed by atoms with Crippen LogP contribution in [-0.2, 0) is 0 Å². The standard InChI is InChI=1S/C22H26N4O.C3H8/c1-5-17(7-6-16(2)25(3)4)20-14-22(27)26-15-19(8-9-21(26)24-20)18-10-12-23-13-11-18;1-3-2/h5-10,14-15,23H,2,11-13H2,1,3-4H3;3H2,1-2H3/b7-6-,17-5+;. The Bertz CT molecular complexity index is 1030. The Morgan fingerprint density at radius 2 is 2.03 bits per heavy atom. The molecule has 0 unspecified atom stereocenters. The zero-order valence-electron chi connectivity index (χ0n) is 18.9. The topological polar surface area (TPSA) is 49.6 Å². The Labute approximate surface area is 180 Å². The van der Waals surface area contributed by atoms with Crippen LogP contribution in [0.15, 0.2) is 65.8 Å². The molecule has 5 heteroatoms. The van der Waals surface area contributed by atoms with E-state index in [1.54, 1.807) is 10.5 Å². The molecule has 0 aliphatic carbocycles. The van der Waals surface area contributed by atoms with Crippen LogP contribution in [0.25, 0.3) is 16.8 Å². The first-order chi connectivity index (χ1) is 14.4. The van der Waals surface area contributed by atoms with Crippen molar-refractivity contribution in [2.24, 2.45) is 0 Å². The van der Waals surface area contributed by atoms with Crippen LogP contribution in [0.4, 0.5) is 0 Å². The Morgan fingerprint density at radius 1 is 1.30 bits per heavy atom. The van der Waals surface area contributed by atoms with Crippen LogP contribution in [-0.4, -0.2) is 41.5 Å². The van der Waals surface area contributed by atoms with E-state index < -0.39 is 0 Å². The first-order valence-electron chi connectivity index (χ1n) is 10.6. The zero-order chi connectivity index (χ0) is 22.1. The third kappa shape index (κ3) is 6.04. The van der Waals surface area contributed by atoms with E-state index in [0.717, 1.165) is 36.3 Å². The van der Waals surface area contributed by atoms with Crippen LogP contribution >= 0.6 is 0 Å². The molecule has 3 heterocycles. The fourth-order valence-electron chi connectivity index (χ4n) is 2.99. The lowest BCUT2D eigenvalue weighted by molar-refractivity contribution is 0.532. The van der Waals surface area contributed by atoms with Gasteiger partial charge in [-0.2, -0.15) is 0 Å². The third-order valence-corrected chi connectivity index (χ3v) is 4.73. The average molecular weight is 407 g/mol. The van der Waals surface area contributed by atoms with Gasteiger partial charge in [0.1, 0.15) is 5.65 Å². The molecule has 5 nitrogen and oxygen atoms in total. The maximum absolute atomic E-state index is 12.7. The molecule has 0 bridgehead atoms. The predicted molar refractivity (Wildman–Crippen MR) is 129 cm³/mol. The van der Waals surface area contributed by atoms with Crippen molar-refractivity contribution < 1.29 is 0 Å². The van der Waals surface area contributed by atoms with Gasteiger partial charge in [0.25, 0.3) is 5.56 Å². The van der Waals surface area contributed by atoms with E-state index >= 15 is 0 Å². The number of hydrogen-bond donors (Lipinski definition) is 1. The van der Waals surface area contributed by atoms with Crippen molar-refractivity contribution in [1.29, 1.82) is 0 Å². The Morgan fingerprint density at radius 3 is 2.63 bits per heavy atom. The number of nitrogens with one attached hydrogen (secondary N) is 1. The molecule has 0 saturated carbocycles. The lowest BCUT2D eigenvalue weighted by atomic mass is 10.0. The lowest BCUT2D eigenvalue weighted by Gasteiger charge is -2.15. The molecule has 2 aromatic heterocycles. The molecule has 0 aromatic carbocycles. The average Bonchev–Trinajstić information content (AvgIpc) is 2.75. The Balaban J connectivity index is 0.00000101. The highest BCUT2D eigenvalue weighted by Gasteiger charge is 2.09. The van der Waals surface area contributed by atoms with Gasteiger partial charge in [-0.05, 0) is 54.8 Å². The van der Waals surface area contributed by atoms with Gasteiger partial charge in [0.2, 0.25) is 0 Å². The number of likely N-dealkylation sites (N-methyl/N-ethyl adjacent to an activating group) is 1. The minimum absolute atomic E-state index is 0.0782. The summed E-state index contributed by atoms with van der Waals surface area (Å²) < 4.78 is 1.62. The summed E-state index contributed by atoms with van der Waals surface area (Å²) >= 11 is 0. The number of nitrogens with zero attached hydrogens (tertiary/aromatic N) is 3. The smallest absolute Gasteiger partial charge is 0.258 e. The van der Waals surface area contributed by atoms with Crippen molar-refractivity contribution in [1.82, 2.24) is 19.6 Å². The van der Waals surface area contributed by atoms with E-state index in [0.29, 0.717) is 11.3 Å². The van der Waals surface area contributed by atoms with Gasteiger partial charge in [-0.3, -0.25) is 9.20 Å². The van der Waals surface area contributed by atoms with Gasteiger partial charge in [0.05, 0.1) is 5.69 Å². The number of aromatic nitrogens is 2. The van der Waals surface area contributed by atoms with Crippen molar-refractivity contribution in [3.8, 4) is 0 Å². The van der Waals surface area contributed by atoms with Crippen LogP contribution in [0.2, 0.25) is 0 Å². The monoisotopic (exact) mass is 406 g/mol. The van der Waals surface area contributed by atoms with E-state index in [4.69, 9.17) is 0 Å². The zero-order valence-corrected chi connectivity index (χ0v) is 18.9. The second-order valence-electron chi connectivity index (χ2n) is 7.48. The highest BCUT2D eigenvalue weighted by atomic mass is 16.1. The molecule has 0 saturated heterocycles. The number of rotatable bonds is 5. The summed E-state index contributed by atoms with van der Waals surface area (Å²) in [5.41, 5.74) is 5.36. The normalized spacial score (nSPS) is 14.3. The molecule has 0 radical (unpaired) electrons. The minimum Gasteiger partial charge on any atom is -0.378 e. The molecule has 1 N–H and O–H groups in total. The molecular formula is C25H34N4O. The van der Waals surface area contributed by atoms with Gasteiger partial charge in [0, 0.05) is 38.6 Å². The van der Waals surface area contributed by atoms with Crippen molar-refractivity contribution in [2.45, 2.75) is 33.6 Å².